The average Bonchev–Trinajstić information content (AvgIpc) is 3.06. The van der Waals surface area contributed by atoms with Crippen molar-refractivity contribution in [1.82, 2.24) is 20.0 Å². The number of benzene rings is 1. The number of aryl methyl sites for hydroxylation is 1. The summed E-state index contributed by atoms with van der Waals surface area (Å²) in [6.07, 6.45) is 4.54. The van der Waals surface area contributed by atoms with Gasteiger partial charge in [0.15, 0.2) is 0 Å². The van der Waals surface area contributed by atoms with Gasteiger partial charge in [0.05, 0.1) is 5.69 Å². The Morgan fingerprint density at radius 3 is 2.67 bits per heavy atom. The number of nitrogens with one attached hydrogen (secondary N) is 1. The number of aromatic amines is 1. The SMILES string of the molecule is CN1CCN(C(=O)c2ccccc2-c2n[nH]c3c2CCCC3)CC1. The number of carbonyl (C=O) groups excluding carboxylic acids is 1. The van der Waals surface area contributed by atoms with E-state index in [0.29, 0.717) is 0 Å². The van der Waals surface area contributed by atoms with E-state index in [4.69, 9.17) is 0 Å². The Hall–Kier alpha value is -2.14. The van der Waals surface area contributed by atoms with E-state index in [1.165, 1.54) is 24.1 Å². The van der Waals surface area contributed by atoms with Gasteiger partial charge in [-0.2, -0.15) is 5.10 Å². The number of H-pyrrole nitrogens is 1. The molecule has 1 aliphatic carbocycles. The predicted molar refractivity (Wildman–Crippen MR) is 94.1 cm³/mol. The molecular formula is C19H24N4O. The van der Waals surface area contributed by atoms with Gasteiger partial charge in [-0.3, -0.25) is 9.89 Å². The lowest BCUT2D eigenvalue weighted by molar-refractivity contribution is 0.0665. The largest absolute Gasteiger partial charge is 0.336 e. The highest BCUT2D eigenvalue weighted by atomic mass is 16.2. The van der Waals surface area contributed by atoms with Gasteiger partial charge in [-0.15, -0.1) is 0 Å². The highest BCUT2D eigenvalue weighted by Crippen LogP contribution is 2.32. The Morgan fingerprint density at radius 2 is 1.83 bits per heavy atom. The van der Waals surface area contributed by atoms with Gasteiger partial charge >= 0.3 is 0 Å². The molecule has 2 aliphatic rings. The zero-order valence-corrected chi connectivity index (χ0v) is 14.2. The second-order valence-corrected chi connectivity index (χ2v) is 6.88. The van der Waals surface area contributed by atoms with Crippen molar-refractivity contribution in [2.45, 2.75) is 25.7 Å². The normalized spacial score (nSPS) is 18.5. The molecule has 2 heterocycles. The number of piperazine rings is 1. The van der Waals surface area contributed by atoms with Gasteiger partial charge in [-0.05, 0) is 38.8 Å². The quantitative estimate of drug-likeness (QED) is 0.922. The van der Waals surface area contributed by atoms with Crippen molar-refractivity contribution < 1.29 is 4.79 Å². The number of fused-ring (bicyclic) bond motifs is 1. The van der Waals surface area contributed by atoms with Crippen LogP contribution in [0.5, 0.6) is 0 Å². The van der Waals surface area contributed by atoms with Crippen LogP contribution in [0.1, 0.15) is 34.5 Å². The number of nitrogens with zero attached hydrogens (tertiary/aromatic N) is 3. The molecule has 5 nitrogen and oxygen atoms in total. The van der Waals surface area contributed by atoms with Gasteiger partial charge in [0.1, 0.15) is 0 Å². The summed E-state index contributed by atoms with van der Waals surface area (Å²) in [5, 5.41) is 7.76. The summed E-state index contributed by atoms with van der Waals surface area (Å²) >= 11 is 0. The van der Waals surface area contributed by atoms with E-state index in [-0.39, 0.29) is 5.91 Å². The third-order valence-electron chi connectivity index (χ3n) is 5.26. The number of aromatic nitrogens is 2. The zero-order valence-electron chi connectivity index (χ0n) is 14.2. The molecule has 0 bridgehead atoms. The average molecular weight is 324 g/mol. The monoisotopic (exact) mass is 324 g/mol. The molecule has 1 fully saturated rings. The topological polar surface area (TPSA) is 52.2 Å². The van der Waals surface area contributed by atoms with Crippen LogP contribution in [0.4, 0.5) is 0 Å². The minimum atomic E-state index is 0.131. The number of carbonyl (C=O) groups is 1. The minimum absolute atomic E-state index is 0.131. The van der Waals surface area contributed by atoms with Crippen LogP contribution in [-0.4, -0.2) is 59.1 Å². The van der Waals surface area contributed by atoms with Crippen molar-refractivity contribution >= 4 is 5.91 Å². The van der Waals surface area contributed by atoms with Gasteiger partial charge < -0.3 is 9.80 Å². The smallest absolute Gasteiger partial charge is 0.254 e. The van der Waals surface area contributed by atoms with E-state index >= 15 is 0 Å². The second kappa shape index (κ2) is 6.40. The lowest BCUT2D eigenvalue weighted by atomic mass is 9.92. The lowest BCUT2D eigenvalue weighted by Crippen LogP contribution is -2.47. The first-order valence-electron chi connectivity index (χ1n) is 8.87. The molecule has 0 atom stereocenters. The first kappa shape index (κ1) is 15.4. The van der Waals surface area contributed by atoms with Crippen LogP contribution in [0.3, 0.4) is 0 Å². The maximum absolute atomic E-state index is 13.1. The molecule has 126 valence electrons. The summed E-state index contributed by atoms with van der Waals surface area (Å²) < 4.78 is 0. The molecule has 1 aromatic carbocycles. The fourth-order valence-electron chi connectivity index (χ4n) is 3.76. The minimum Gasteiger partial charge on any atom is -0.336 e. The molecule has 4 rings (SSSR count). The number of likely N-dealkylation sites (N-methyl/N-ethyl adjacent to an activating group) is 1. The Bertz CT molecular complexity index is 744. The zero-order chi connectivity index (χ0) is 16.5. The molecule has 1 amide bonds. The standard InChI is InChI=1S/C19H24N4O/c1-22-10-12-23(13-11-22)19(24)15-7-3-2-6-14(15)18-16-8-4-5-9-17(16)20-21-18/h2-3,6-7H,4-5,8-13H2,1H3,(H,20,21). The van der Waals surface area contributed by atoms with Crippen molar-refractivity contribution in [2.75, 3.05) is 33.2 Å². The Labute approximate surface area is 142 Å². The van der Waals surface area contributed by atoms with E-state index < -0.39 is 0 Å². The van der Waals surface area contributed by atoms with Crippen molar-refractivity contribution in [1.29, 1.82) is 0 Å². The second-order valence-electron chi connectivity index (χ2n) is 6.88. The maximum Gasteiger partial charge on any atom is 0.254 e. The van der Waals surface area contributed by atoms with Gasteiger partial charge in [-0.25, -0.2) is 0 Å². The van der Waals surface area contributed by atoms with Crippen LogP contribution in [-0.2, 0) is 12.8 Å². The van der Waals surface area contributed by atoms with E-state index in [0.717, 1.165) is 55.8 Å². The molecule has 1 aliphatic heterocycles. The van der Waals surface area contributed by atoms with Crippen molar-refractivity contribution in [3.63, 3.8) is 0 Å². The summed E-state index contributed by atoms with van der Waals surface area (Å²) in [6.45, 7) is 3.46. The highest BCUT2D eigenvalue weighted by molar-refractivity contribution is 6.00. The molecule has 5 heteroatoms. The van der Waals surface area contributed by atoms with Crippen LogP contribution < -0.4 is 0 Å². The first-order chi connectivity index (χ1) is 11.7. The molecule has 1 saturated heterocycles. The molecule has 2 aromatic rings. The van der Waals surface area contributed by atoms with Crippen LogP contribution in [0.25, 0.3) is 11.3 Å². The molecule has 0 unspecified atom stereocenters. The maximum atomic E-state index is 13.1. The van der Waals surface area contributed by atoms with E-state index in [9.17, 15) is 4.79 Å². The fraction of sp³-hybridized carbons (Fsp3) is 0.474. The molecule has 24 heavy (non-hydrogen) atoms. The van der Waals surface area contributed by atoms with Gasteiger partial charge in [0.2, 0.25) is 0 Å². The Morgan fingerprint density at radius 1 is 1.08 bits per heavy atom. The third-order valence-corrected chi connectivity index (χ3v) is 5.26. The third kappa shape index (κ3) is 2.73. The highest BCUT2D eigenvalue weighted by Gasteiger charge is 2.25. The lowest BCUT2D eigenvalue weighted by Gasteiger charge is -2.32. The number of hydrogen-bond donors (Lipinski definition) is 1. The molecule has 0 spiro atoms. The molecule has 1 aromatic heterocycles. The van der Waals surface area contributed by atoms with Crippen molar-refractivity contribution in [3.8, 4) is 11.3 Å². The predicted octanol–water partition coefficient (Wildman–Crippen LogP) is 2.34. The fourth-order valence-corrected chi connectivity index (χ4v) is 3.76. The molecular weight excluding hydrogens is 300 g/mol. The summed E-state index contributed by atoms with van der Waals surface area (Å²) in [6, 6.07) is 7.93. The van der Waals surface area contributed by atoms with Gasteiger partial charge in [0, 0.05) is 48.6 Å². The Kier molecular flexibility index (Phi) is 4.10. The van der Waals surface area contributed by atoms with Gasteiger partial charge in [0.25, 0.3) is 5.91 Å². The summed E-state index contributed by atoms with van der Waals surface area (Å²) in [7, 11) is 2.10. The van der Waals surface area contributed by atoms with E-state index in [2.05, 4.69) is 22.1 Å². The van der Waals surface area contributed by atoms with Crippen LogP contribution in [0, 0.1) is 0 Å². The number of amides is 1. The summed E-state index contributed by atoms with van der Waals surface area (Å²) in [4.78, 5) is 17.3. The Balaban J connectivity index is 1.68. The van der Waals surface area contributed by atoms with Crippen LogP contribution in [0.15, 0.2) is 24.3 Å². The molecule has 1 N–H and O–H groups in total. The van der Waals surface area contributed by atoms with E-state index in [1.54, 1.807) is 0 Å². The van der Waals surface area contributed by atoms with Crippen molar-refractivity contribution in [3.05, 3.63) is 41.1 Å². The van der Waals surface area contributed by atoms with Gasteiger partial charge in [-0.1, -0.05) is 18.2 Å². The van der Waals surface area contributed by atoms with Crippen LogP contribution in [0.2, 0.25) is 0 Å². The number of rotatable bonds is 2. The van der Waals surface area contributed by atoms with Crippen molar-refractivity contribution in [2.24, 2.45) is 0 Å². The summed E-state index contributed by atoms with van der Waals surface area (Å²) in [5.74, 6) is 0.131. The molecule has 0 saturated carbocycles. The molecule has 0 radical (unpaired) electrons. The number of hydrogen-bond acceptors (Lipinski definition) is 3. The van der Waals surface area contributed by atoms with Crippen LogP contribution >= 0.6 is 0 Å². The first-order valence-corrected chi connectivity index (χ1v) is 8.87. The summed E-state index contributed by atoms with van der Waals surface area (Å²) in [5.41, 5.74) is 5.28. The van der Waals surface area contributed by atoms with E-state index in [1.807, 2.05) is 29.2 Å².